The van der Waals surface area contributed by atoms with Crippen molar-refractivity contribution in [2.45, 2.75) is 25.7 Å². The van der Waals surface area contributed by atoms with Gasteiger partial charge in [-0.25, -0.2) is 0 Å². The second kappa shape index (κ2) is 10.3. The van der Waals surface area contributed by atoms with Crippen molar-refractivity contribution in [1.82, 2.24) is 20.3 Å². The number of nitrogens with two attached hydrogens (primary N) is 1. The van der Waals surface area contributed by atoms with Crippen molar-refractivity contribution in [1.29, 1.82) is 5.26 Å². The number of aromatic nitrogens is 3. The molecule has 0 saturated heterocycles. The molecule has 0 aliphatic carbocycles. The number of nitrogens with zero attached hydrogens (tertiary/aromatic N) is 6. The number of hydrogen-bond acceptors (Lipinski definition) is 8. The van der Waals surface area contributed by atoms with Gasteiger partial charge in [-0.3, -0.25) is 4.99 Å². The second-order valence-electron chi connectivity index (χ2n) is 5.35. The molecule has 0 unspecified atom stereocenters. The zero-order chi connectivity index (χ0) is 17.9. The summed E-state index contributed by atoms with van der Waals surface area (Å²) in [6, 6.07) is 2.21. The van der Waals surface area contributed by atoms with Gasteiger partial charge in [0.1, 0.15) is 5.84 Å². The topological polar surface area (TPSA) is 125 Å². The van der Waals surface area contributed by atoms with Crippen molar-refractivity contribution in [2.75, 3.05) is 51.5 Å². The molecule has 0 radical (unpaired) electrons. The molecule has 1 aromatic rings. The minimum Gasteiger partial charge on any atom is -0.385 e. The summed E-state index contributed by atoms with van der Waals surface area (Å²) in [7, 11) is 5.25. The van der Waals surface area contributed by atoms with Crippen molar-refractivity contribution >= 4 is 17.7 Å². The van der Waals surface area contributed by atoms with Crippen LogP contribution in [0.4, 0.5) is 11.9 Å². The molecule has 24 heavy (non-hydrogen) atoms. The fraction of sp³-hybridized carbons (Fsp3) is 0.667. The highest BCUT2D eigenvalue weighted by molar-refractivity contribution is 5.90. The molecule has 0 bridgehead atoms. The largest absolute Gasteiger partial charge is 0.385 e. The zero-order valence-corrected chi connectivity index (χ0v) is 14.8. The summed E-state index contributed by atoms with van der Waals surface area (Å²) in [5, 5.41) is 12.8. The molecule has 0 amide bonds. The third kappa shape index (κ3) is 5.96. The van der Waals surface area contributed by atoms with Gasteiger partial charge in [-0.05, 0) is 12.8 Å². The Morgan fingerprint density at radius 2 is 2.17 bits per heavy atom. The average molecular weight is 334 g/mol. The van der Waals surface area contributed by atoms with E-state index in [0.717, 1.165) is 12.8 Å². The first-order valence-corrected chi connectivity index (χ1v) is 7.89. The molecule has 0 fully saturated rings. The van der Waals surface area contributed by atoms with Gasteiger partial charge in [-0.1, -0.05) is 6.92 Å². The number of nitriles is 1. The van der Waals surface area contributed by atoms with Gasteiger partial charge in [-0.2, -0.15) is 20.2 Å². The molecule has 0 spiro atoms. The molecule has 1 heterocycles. The Hall–Kier alpha value is -2.47. The van der Waals surface area contributed by atoms with Crippen molar-refractivity contribution in [3.8, 4) is 6.07 Å². The molecule has 132 valence electrons. The third-order valence-electron chi connectivity index (χ3n) is 3.06. The summed E-state index contributed by atoms with van der Waals surface area (Å²) in [4.78, 5) is 18.7. The molecule has 1 atom stereocenters. The van der Waals surface area contributed by atoms with Crippen molar-refractivity contribution in [3.63, 3.8) is 0 Å². The standard InChI is InChI=1S/C15H26N8O/c1-5-7-18-12(19-8-6-9-24-4)11(10-16)13-20-14(17)22-15(21-13)23(2)3/h11H,5-9H2,1-4H3,(H,18,19)(H2,17,20,21,22)/t11-/m0/s1. The second-order valence-corrected chi connectivity index (χ2v) is 5.35. The van der Waals surface area contributed by atoms with Gasteiger partial charge in [0.2, 0.25) is 11.9 Å². The van der Waals surface area contributed by atoms with E-state index in [1.807, 2.05) is 6.92 Å². The smallest absolute Gasteiger partial charge is 0.229 e. The molecule has 0 aromatic carbocycles. The van der Waals surface area contributed by atoms with E-state index < -0.39 is 5.92 Å². The number of nitrogen functional groups attached to an aromatic ring is 1. The summed E-state index contributed by atoms with van der Waals surface area (Å²) in [6.07, 6.45) is 1.69. The molecule has 0 aliphatic heterocycles. The van der Waals surface area contributed by atoms with E-state index in [4.69, 9.17) is 10.5 Å². The molecule has 1 aromatic heterocycles. The van der Waals surface area contributed by atoms with Crippen LogP contribution < -0.4 is 16.0 Å². The molecule has 3 N–H and O–H groups in total. The molecule has 1 rings (SSSR count). The van der Waals surface area contributed by atoms with E-state index >= 15 is 0 Å². The van der Waals surface area contributed by atoms with Crippen molar-refractivity contribution in [2.24, 2.45) is 4.99 Å². The van der Waals surface area contributed by atoms with Crippen LogP contribution in [0.15, 0.2) is 4.99 Å². The van der Waals surface area contributed by atoms with Crippen LogP contribution in [0.25, 0.3) is 0 Å². The summed E-state index contributed by atoms with van der Waals surface area (Å²) in [5.74, 6) is 0.613. The first-order valence-electron chi connectivity index (χ1n) is 7.89. The van der Waals surface area contributed by atoms with Gasteiger partial charge in [-0.15, -0.1) is 0 Å². The quantitative estimate of drug-likeness (QED) is 0.381. The van der Waals surface area contributed by atoms with Crippen LogP contribution in [0.3, 0.4) is 0 Å². The molecule has 9 heteroatoms. The Kier molecular flexibility index (Phi) is 8.43. The summed E-state index contributed by atoms with van der Waals surface area (Å²) in [6.45, 7) is 3.93. The van der Waals surface area contributed by atoms with Gasteiger partial charge in [0.25, 0.3) is 0 Å². The summed E-state index contributed by atoms with van der Waals surface area (Å²) >= 11 is 0. The molecule has 0 aliphatic rings. The highest BCUT2D eigenvalue weighted by Crippen LogP contribution is 2.16. The Bertz CT molecular complexity index is 581. The normalized spacial score (nSPS) is 12.5. The molecule has 9 nitrogen and oxygen atoms in total. The molecular weight excluding hydrogens is 308 g/mol. The number of amidine groups is 1. The minimum atomic E-state index is -0.719. The van der Waals surface area contributed by atoms with E-state index in [0.29, 0.717) is 37.3 Å². The zero-order valence-electron chi connectivity index (χ0n) is 14.8. The highest BCUT2D eigenvalue weighted by Gasteiger charge is 2.23. The number of ether oxygens (including phenoxy) is 1. The van der Waals surface area contributed by atoms with Crippen LogP contribution in [0, 0.1) is 11.3 Å². The highest BCUT2D eigenvalue weighted by atomic mass is 16.5. The van der Waals surface area contributed by atoms with Gasteiger partial charge in [0.15, 0.2) is 11.7 Å². The van der Waals surface area contributed by atoms with E-state index in [-0.39, 0.29) is 5.95 Å². The van der Waals surface area contributed by atoms with Crippen molar-refractivity contribution < 1.29 is 4.74 Å². The van der Waals surface area contributed by atoms with Crippen LogP contribution in [-0.4, -0.2) is 61.7 Å². The van der Waals surface area contributed by atoms with Crippen LogP contribution in [-0.2, 0) is 4.74 Å². The molecular formula is C15H26N8O. The number of rotatable bonds is 9. The van der Waals surface area contributed by atoms with Crippen molar-refractivity contribution in [3.05, 3.63) is 5.82 Å². The number of methoxy groups -OCH3 is 1. The maximum atomic E-state index is 9.62. The predicted octanol–water partition coefficient (Wildman–Crippen LogP) is 0.562. The van der Waals surface area contributed by atoms with Gasteiger partial charge >= 0.3 is 0 Å². The lowest BCUT2D eigenvalue weighted by molar-refractivity contribution is 0.195. The lowest BCUT2D eigenvalue weighted by atomic mass is 10.1. The Morgan fingerprint density at radius 3 is 2.75 bits per heavy atom. The van der Waals surface area contributed by atoms with Gasteiger partial charge in [0, 0.05) is 40.9 Å². The Balaban J connectivity index is 3.06. The van der Waals surface area contributed by atoms with E-state index in [2.05, 4.69) is 31.3 Å². The number of nitrogens with one attached hydrogen (secondary N) is 1. The lowest BCUT2D eigenvalue weighted by Gasteiger charge is -2.16. The number of hydrogen-bond donors (Lipinski definition) is 2. The SMILES string of the molecule is CCCN=C(NCCCOC)[C@H](C#N)c1nc(N)nc(N(C)C)n1. The number of aliphatic imine (C=N–C) groups is 1. The van der Waals surface area contributed by atoms with Crippen LogP contribution in [0.1, 0.15) is 31.5 Å². The first-order chi connectivity index (χ1) is 11.5. The fourth-order valence-corrected chi connectivity index (χ4v) is 1.88. The van der Waals surface area contributed by atoms with E-state index in [1.54, 1.807) is 26.1 Å². The lowest BCUT2D eigenvalue weighted by Crippen LogP contribution is -2.32. The average Bonchev–Trinajstić information content (AvgIpc) is 2.55. The minimum absolute atomic E-state index is 0.0816. The first kappa shape index (κ1) is 19.6. The van der Waals surface area contributed by atoms with Crippen LogP contribution in [0.5, 0.6) is 0 Å². The maximum absolute atomic E-state index is 9.62. The van der Waals surface area contributed by atoms with E-state index in [9.17, 15) is 5.26 Å². The predicted molar refractivity (Wildman–Crippen MR) is 94.0 cm³/mol. The monoisotopic (exact) mass is 334 g/mol. The van der Waals surface area contributed by atoms with Crippen LogP contribution in [0.2, 0.25) is 0 Å². The third-order valence-corrected chi connectivity index (χ3v) is 3.06. The Labute approximate surface area is 143 Å². The van der Waals surface area contributed by atoms with Gasteiger partial charge < -0.3 is 20.7 Å². The molecule has 0 saturated carbocycles. The summed E-state index contributed by atoms with van der Waals surface area (Å²) in [5.41, 5.74) is 5.75. The Morgan fingerprint density at radius 1 is 1.42 bits per heavy atom. The number of anilines is 2. The van der Waals surface area contributed by atoms with E-state index in [1.165, 1.54) is 0 Å². The summed E-state index contributed by atoms with van der Waals surface area (Å²) < 4.78 is 5.03. The maximum Gasteiger partial charge on any atom is 0.229 e. The van der Waals surface area contributed by atoms with Gasteiger partial charge in [0.05, 0.1) is 6.07 Å². The fourth-order valence-electron chi connectivity index (χ4n) is 1.88. The van der Waals surface area contributed by atoms with Crippen LogP contribution >= 0.6 is 0 Å².